The van der Waals surface area contributed by atoms with E-state index in [-0.39, 0.29) is 11.8 Å². The van der Waals surface area contributed by atoms with Gasteiger partial charge in [-0.3, -0.25) is 20.4 Å². The van der Waals surface area contributed by atoms with Crippen LogP contribution in [0.5, 0.6) is 0 Å². The molecule has 0 bridgehead atoms. The second-order valence-electron chi connectivity index (χ2n) is 4.75. The lowest BCUT2D eigenvalue weighted by molar-refractivity contribution is -0.121. The van der Waals surface area contributed by atoms with Crippen molar-refractivity contribution in [2.24, 2.45) is 0 Å². The molecular formula is C17H17BrN2O2S. The fraction of sp³-hybridized carbons (Fsp3) is 0.176. The van der Waals surface area contributed by atoms with E-state index in [0.717, 1.165) is 12.2 Å². The predicted octanol–water partition coefficient (Wildman–Crippen LogP) is 3.78. The van der Waals surface area contributed by atoms with E-state index in [0.29, 0.717) is 16.5 Å². The van der Waals surface area contributed by atoms with Crippen LogP contribution in [-0.4, -0.2) is 17.6 Å². The first-order chi connectivity index (χ1) is 11.2. The number of amides is 2. The van der Waals surface area contributed by atoms with Gasteiger partial charge in [0.2, 0.25) is 5.91 Å². The minimum absolute atomic E-state index is 0.195. The minimum Gasteiger partial charge on any atom is -0.273 e. The number of hydrogen-bond donors (Lipinski definition) is 2. The monoisotopic (exact) mass is 392 g/mol. The molecule has 120 valence electrons. The van der Waals surface area contributed by atoms with Gasteiger partial charge in [0.25, 0.3) is 5.91 Å². The standard InChI is InChI=1S/C17H17BrN2O2S/c18-15-10-5-4-9-14(15)17(22)20-19-16(21)11-6-12-23-13-7-2-1-3-8-13/h1-5,7-10H,6,11-12H2,(H,19,21)(H,20,22). The zero-order chi connectivity index (χ0) is 16.5. The topological polar surface area (TPSA) is 58.2 Å². The van der Waals surface area contributed by atoms with Crippen molar-refractivity contribution in [1.82, 2.24) is 10.9 Å². The van der Waals surface area contributed by atoms with Gasteiger partial charge in [0.05, 0.1) is 5.56 Å². The van der Waals surface area contributed by atoms with E-state index in [4.69, 9.17) is 0 Å². The largest absolute Gasteiger partial charge is 0.273 e. The van der Waals surface area contributed by atoms with Gasteiger partial charge in [-0.15, -0.1) is 11.8 Å². The van der Waals surface area contributed by atoms with E-state index in [1.54, 1.807) is 30.0 Å². The molecule has 2 amide bonds. The third kappa shape index (κ3) is 6.08. The molecule has 2 N–H and O–H groups in total. The average molecular weight is 393 g/mol. The van der Waals surface area contributed by atoms with Crippen molar-refractivity contribution in [3.63, 3.8) is 0 Å². The summed E-state index contributed by atoms with van der Waals surface area (Å²) < 4.78 is 0.686. The number of hydrogen-bond acceptors (Lipinski definition) is 3. The first-order valence-corrected chi connectivity index (χ1v) is 8.96. The van der Waals surface area contributed by atoms with E-state index in [9.17, 15) is 9.59 Å². The quantitative estimate of drug-likeness (QED) is 0.446. The van der Waals surface area contributed by atoms with Gasteiger partial charge in [0.15, 0.2) is 0 Å². The van der Waals surface area contributed by atoms with Crippen LogP contribution in [-0.2, 0) is 4.79 Å². The van der Waals surface area contributed by atoms with Crippen LogP contribution in [0.2, 0.25) is 0 Å². The lowest BCUT2D eigenvalue weighted by Crippen LogP contribution is -2.41. The summed E-state index contributed by atoms with van der Waals surface area (Å²) in [5.74, 6) is 0.318. The Bertz CT molecular complexity index is 665. The Morgan fingerprint density at radius 1 is 0.957 bits per heavy atom. The Balaban J connectivity index is 1.65. The number of carbonyl (C=O) groups is 2. The van der Waals surface area contributed by atoms with Gasteiger partial charge in [0, 0.05) is 15.8 Å². The normalized spacial score (nSPS) is 10.1. The average Bonchev–Trinajstić information content (AvgIpc) is 2.58. The van der Waals surface area contributed by atoms with Crippen LogP contribution in [0.1, 0.15) is 23.2 Å². The van der Waals surface area contributed by atoms with Crippen molar-refractivity contribution in [2.75, 3.05) is 5.75 Å². The van der Waals surface area contributed by atoms with Crippen molar-refractivity contribution in [3.8, 4) is 0 Å². The smallest absolute Gasteiger partial charge is 0.270 e. The van der Waals surface area contributed by atoms with Gasteiger partial charge < -0.3 is 0 Å². The summed E-state index contributed by atoms with van der Waals surface area (Å²) in [6.07, 6.45) is 1.12. The molecule has 0 aliphatic heterocycles. The van der Waals surface area contributed by atoms with E-state index in [2.05, 4.69) is 26.8 Å². The Hall–Kier alpha value is -1.79. The number of rotatable bonds is 6. The number of benzene rings is 2. The highest BCUT2D eigenvalue weighted by Gasteiger charge is 2.10. The zero-order valence-corrected chi connectivity index (χ0v) is 14.8. The zero-order valence-electron chi connectivity index (χ0n) is 12.4. The van der Waals surface area contributed by atoms with Crippen molar-refractivity contribution < 1.29 is 9.59 Å². The molecule has 0 fully saturated rings. The van der Waals surface area contributed by atoms with Crippen molar-refractivity contribution in [2.45, 2.75) is 17.7 Å². The summed E-state index contributed by atoms with van der Waals surface area (Å²) in [4.78, 5) is 24.8. The van der Waals surface area contributed by atoms with Crippen molar-refractivity contribution in [1.29, 1.82) is 0 Å². The lowest BCUT2D eigenvalue weighted by Gasteiger charge is -2.08. The molecule has 2 aromatic carbocycles. The summed E-state index contributed by atoms with van der Waals surface area (Å²) in [7, 11) is 0. The fourth-order valence-electron chi connectivity index (χ4n) is 1.84. The highest BCUT2D eigenvalue weighted by Crippen LogP contribution is 2.18. The van der Waals surface area contributed by atoms with Crippen molar-refractivity contribution >= 4 is 39.5 Å². The Labute approximate surface area is 148 Å². The van der Waals surface area contributed by atoms with Crippen LogP contribution in [0, 0.1) is 0 Å². The molecule has 2 rings (SSSR count). The fourth-order valence-corrected chi connectivity index (χ4v) is 3.18. The minimum atomic E-state index is -0.343. The summed E-state index contributed by atoms with van der Waals surface area (Å²) in [5, 5.41) is 0. The number of nitrogens with one attached hydrogen (secondary N) is 2. The number of thioether (sulfide) groups is 1. The Kier molecular flexibility index (Phi) is 7.16. The first kappa shape index (κ1) is 17.6. The third-order valence-electron chi connectivity index (χ3n) is 2.99. The van der Waals surface area contributed by atoms with E-state index >= 15 is 0 Å². The van der Waals surface area contributed by atoms with Crippen LogP contribution in [0.25, 0.3) is 0 Å². The lowest BCUT2D eigenvalue weighted by atomic mass is 10.2. The van der Waals surface area contributed by atoms with Crippen LogP contribution in [0.3, 0.4) is 0 Å². The molecule has 4 nitrogen and oxygen atoms in total. The maximum absolute atomic E-state index is 11.9. The van der Waals surface area contributed by atoms with E-state index in [1.807, 2.05) is 36.4 Å². The summed E-state index contributed by atoms with van der Waals surface area (Å²) in [6.45, 7) is 0. The van der Waals surface area contributed by atoms with E-state index < -0.39 is 0 Å². The molecule has 0 spiro atoms. The van der Waals surface area contributed by atoms with Crippen LogP contribution in [0.15, 0.2) is 64.0 Å². The molecule has 0 saturated heterocycles. The number of hydrazine groups is 1. The summed E-state index contributed by atoms with van der Waals surface area (Å²) in [6, 6.07) is 17.1. The van der Waals surface area contributed by atoms with Gasteiger partial charge in [-0.2, -0.15) is 0 Å². The molecular weight excluding hydrogens is 376 g/mol. The van der Waals surface area contributed by atoms with Crippen LogP contribution < -0.4 is 10.9 Å². The molecule has 0 aromatic heterocycles. The van der Waals surface area contributed by atoms with Gasteiger partial charge >= 0.3 is 0 Å². The predicted molar refractivity (Wildman–Crippen MR) is 96.2 cm³/mol. The molecule has 0 aliphatic rings. The number of carbonyl (C=O) groups excluding carboxylic acids is 2. The second-order valence-corrected chi connectivity index (χ2v) is 6.77. The van der Waals surface area contributed by atoms with Gasteiger partial charge in [0.1, 0.15) is 0 Å². The highest BCUT2D eigenvalue weighted by atomic mass is 79.9. The number of halogens is 1. The SMILES string of the molecule is O=C(CCCSc1ccccc1)NNC(=O)c1ccccc1Br. The van der Waals surface area contributed by atoms with Crippen LogP contribution >= 0.6 is 27.7 Å². The van der Waals surface area contributed by atoms with E-state index in [1.165, 1.54) is 4.90 Å². The molecule has 6 heteroatoms. The molecule has 0 unspecified atom stereocenters. The van der Waals surface area contributed by atoms with Crippen LogP contribution in [0.4, 0.5) is 0 Å². The molecule has 2 aromatic rings. The maximum Gasteiger partial charge on any atom is 0.270 e. The van der Waals surface area contributed by atoms with Crippen molar-refractivity contribution in [3.05, 3.63) is 64.6 Å². The molecule has 23 heavy (non-hydrogen) atoms. The summed E-state index contributed by atoms with van der Waals surface area (Å²) in [5.41, 5.74) is 5.34. The molecule has 0 radical (unpaired) electrons. The molecule has 0 aliphatic carbocycles. The van der Waals surface area contributed by atoms with Gasteiger partial charge in [-0.1, -0.05) is 30.3 Å². The van der Waals surface area contributed by atoms with Gasteiger partial charge in [-0.05, 0) is 52.4 Å². The maximum atomic E-state index is 11.9. The second kappa shape index (κ2) is 9.37. The molecule has 0 heterocycles. The first-order valence-electron chi connectivity index (χ1n) is 7.18. The van der Waals surface area contributed by atoms with Gasteiger partial charge in [-0.25, -0.2) is 0 Å². The molecule has 0 saturated carbocycles. The highest BCUT2D eigenvalue weighted by molar-refractivity contribution is 9.10. The Morgan fingerprint density at radius 3 is 2.39 bits per heavy atom. The molecule has 0 atom stereocenters. The third-order valence-corrected chi connectivity index (χ3v) is 4.78. The summed E-state index contributed by atoms with van der Waals surface area (Å²) >= 11 is 5.01. The Morgan fingerprint density at radius 2 is 1.65 bits per heavy atom.